The first kappa shape index (κ1) is 19.7. The number of benzene rings is 1. The summed E-state index contributed by atoms with van der Waals surface area (Å²) in [6.07, 6.45) is -1.30. The molecule has 2 heterocycles. The van der Waals surface area contributed by atoms with Crippen LogP contribution in [-0.2, 0) is 6.42 Å². The Hall–Kier alpha value is -3.10. The van der Waals surface area contributed by atoms with Crippen molar-refractivity contribution in [2.75, 3.05) is 13.7 Å². The maximum atomic E-state index is 12.7. The molecule has 0 bridgehead atoms. The van der Waals surface area contributed by atoms with E-state index in [-0.39, 0.29) is 5.82 Å². The van der Waals surface area contributed by atoms with Crippen LogP contribution in [0.25, 0.3) is 11.4 Å². The van der Waals surface area contributed by atoms with Crippen molar-refractivity contribution in [2.24, 2.45) is 0 Å². The summed E-state index contributed by atoms with van der Waals surface area (Å²) < 4.78 is 40.7. The Bertz CT molecular complexity index is 906. The fourth-order valence-electron chi connectivity index (χ4n) is 2.82. The highest BCUT2D eigenvalue weighted by atomic mass is 19.3. The van der Waals surface area contributed by atoms with Gasteiger partial charge in [-0.05, 0) is 56.0 Å². The van der Waals surface area contributed by atoms with Crippen LogP contribution in [0.5, 0.6) is 11.6 Å². The second-order valence-electron chi connectivity index (χ2n) is 6.21. The van der Waals surface area contributed by atoms with Crippen molar-refractivity contribution in [2.45, 2.75) is 33.1 Å². The molecule has 1 aromatic carbocycles. The molecule has 7 nitrogen and oxygen atoms in total. The van der Waals surface area contributed by atoms with Crippen LogP contribution in [0, 0.1) is 13.8 Å². The topological polar surface area (TPSA) is 83.2 Å². The molecule has 0 amide bonds. The highest BCUT2D eigenvalue weighted by Crippen LogP contribution is 2.30. The standard InChI is InChI=1S/C19H20F2N4O3/c1-11-9-14(27-8-4-5-13-6-7-15(26-3)24-23-13)10-12(2)16(11)18-22-19(17(20)21)28-25-18/h6-7,9-10,17H,4-5,8H2,1-3H3. The molecule has 148 valence electrons. The molecule has 2 aromatic heterocycles. The second kappa shape index (κ2) is 8.73. The summed E-state index contributed by atoms with van der Waals surface area (Å²) in [5.74, 6) is 0.635. The van der Waals surface area contributed by atoms with Crippen LogP contribution in [0.15, 0.2) is 28.8 Å². The van der Waals surface area contributed by atoms with E-state index in [4.69, 9.17) is 9.47 Å². The quantitative estimate of drug-likeness (QED) is 0.536. The number of ether oxygens (including phenoxy) is 2. The molecular weight excluding hydrogens is 370 g/mol. The summed E-state index contributed by atoms with van der Waals surface area (Å²) >= 11 is 0. The van der Waals surface area contributed by atoms with E-state index >= 15 is 0 Å². The van der Waals surface area contributed by atoms with Crippen molar-refractivity contribution in [1.82, 2.24) is 20.3 Å². The predicted octanol–water partition coefficient (Wildman–Crippen LogP) is 4.10. The van der Waals surface area contributed by atoms with E-state index < -0.39 is 12.3 Å². The van der Waals surface area contributed by atoms with E-state index in [1.807, 2.05) is 32.0 Å². The van der Waals surface area contributed by atoms with Crippen LogP contribution in [0.1, 0.15) is 35.6 Å². The number of hydrogen-bond acceptors (Lipinski definition) is 7. The number of nitrogens with zero attached hydrogens (tertiary/aromatic N) is 4. The Morgan fingerprint density at radius 3 is 2.43 bits per heavy atom. The minimum atomic E-state index is -2.79. The van der Waals surface area contributed by atoms with Gasteiger partial charge in [-0.25, -0.2) is 0 Å². The minimum Gasteiger partial charge on any atom is -0.494 e. The number of hydrogen-bond donors (Lipinski definition) is 0. The monoisotopic (exact) mass is 390 g/mol. The molecule has 0 aliphatic heterocycles. The van der Waals surface area contributed by atoms with Gasteiger partial charge in [-0.2, -0.15) is 18.9 Å². The Balaban J connectivity index is 1.60. The van der Waals surface area contributed by atoms with E-state index in [9.17, 15) is 8.78 Å². The lowest BCUT2D eigenvalue weighted by molar-refractivity contribution is 0.106. The first-order valence-corrected chi connectivity index (χ1v) is 8.70. The molecule has 0 atom stereocenters. The Morgan fingerprint density at radius 1 is 1.11 bits per heavy atom. The zero-order valence-corrected chi connectivity index (χ0v) is 15.8. The summed E-state index contributed by atoms with van der Waals surface area (Å²) in [7, 11) is 1.54. The van der Waals surface area contributed by atoms with Gasteiger partial charge in [-0.15, -0.1) is 5.10 Å². The third-order valence-corrected chi connectivity index (χ3v) is 4.11. The first-order valence-electron chi connectivity index (χ1n) is 8.70. The van der Waals surface area contributed by atoms with Gasteiger partial charge in [0.1, 0.15) is 5.75 Å². The lowest BCUT2D eigenvalue weighted by Crippen LogP contribution is -2.02. The SMILES string of the molecule is COc1ccc(CCCOc2cc(C)c(-c3noc(C(F)F)n3)c(C)c2)nn1. The van der Waals surface area contributed by atoms with Crippen molar-refractivity contribution in [3.05, 3.63) is 47.0 Å². The third-order valence-electron chi connectivity index (χ3n) is 4.11. The van der Waals surface area contributed by atoms with Gasteiger partial charge < -0.3 is 14.0 Å². The molecule has 0 saturated carbocycles. The average molecular weight is 390 g/mol. The lowest BCUT2D eigenvalue weighted by atomic mass is 10.0. The van der Waals surface area contributed by atoms with Crippen molar-refractivity contribution in [1.29, 1.82) is 0 Å². The number of methoxy groups -OCH3 is 1. The fourth-order valence-corrected chi connectivity index (χ4v) is 2.82. The van der Waals surface area contributed by atoms with Gasteiger partial charge in [-0.1, -0.05) is 5.16 Å². The lowest BCUT2D eigenvalue weighted by Gasteiger charge is -2.11. The Labute approximate surface area is 160 Å². The van der Waals surface area contributed by atoms with Gasteiger partial charge in [0.15, 0.2) is 0 Å². The zero-order valence-electron chi connectivity index (χ0n) is 15.8. The smallest absolute Gasteiger partial charge is 0.315 e. The van der Waals surface area contributed by atoms with E-state index in [0.29, 0.717) is 23.8 Å². The predicted molar refractivity (Wildman–Crippen MR) is 96.6 cm³/mol. The fraction of sp³-hybridized carbons (Fsp3) is 0.368. The number of alkyl halides is 2. The second-order valence-corrected chi connectivity index (χ2v) is 6.21. The molecule has 0 radical (unpaired) electrons. The first-order chi connectivity index (χ1) is 13.5. The van der Waals surface area contributed by atoms with Crippen molar-refractivity contribution >= 4 is 0 Å². The van der Waals surface area contributed by atoms with E-state index in [1.54, 1.807) is 13.2 Å². The van der Waals surface area contributed by atoms with Crippen molar-refractivity contribution < 1.29 is 22.8 Å². The normalized spacial score (nSPS) is 11.1. The zero-order chi connectivity index (χ0) is 20.1. The average Bonchev–Trinajstić information content (AvgIpc) is 3.15. The molecule has 0 saturated heterocycles. The molecular formula is C19H20F2N4O3. The maximum absolute atomic E-state index is 12.7. The van der Waals surface area contributed by atoms with Gasteiger partial charge in [0.05, 0.1) is 19.4 Å². The molecule has 0 unspecified atom stereocenters. The van der Waals surface area contributed by atoms with E-state index in [1.165, 1.54) is 0 Å². The van der Waals surface area contributed by atoms with Crippen molar-refractivity contribution in [3.8, 4) is 23.0 Å². The number of halogens is 2. The van der Waals surface area contributed by atoms with Gasteiger partial charge >= 0.3 is 6.43 Å². The Morgan fingerprint density at radius 2 is 1.86 bits per heavy atom. The summed E-state index contributed by atoms with van der Waals surface area (Å²) in [5, 5.41) is 11.7. The molecule has 9 heteroatoms. The largest absolute Gasteiger partial charge is 0.494 e. The molecule has 3 rings (SSSR count). The van der Waals surface area contributed by atoms with Crippen LogP contribution in [0.4, 0.5) is 8.78 Å². The van der Waals surface area contributed by atoms with Crippen LogP contribution < -0.4 is 9.47 Å². The molecule has 0 N–H and O–H groups in total. The highest BCUT2D eigenvalue weighted by Gasteiger charge is 2.19. The van der Waals surface area contributed by atoms with E-state index in [2.05, 4.69) is 24.9 Å². The van der Waals surface area contributed by atoms with Crippen LogP contribution in [-0.4, -0.2) is 34.1 Å². The van der Waals surface area contributed by atoms with Crippen LogP contribution in [0.2, 0.25) is 0 Å². The summed E-state index contributed by atoms with van der Waals surface area (Å²) in [5.41, 5.74) is 3.16. The molecule has 0 aliphatic rings. The van der Waals surface area contributed by atoms with Gasteiger partial charge in [-0.3, -0.25) is 0 Å². The van der Waals surface area contributed by atoms with Gasteiger partial charge in [0.2, 0.25) is 11.7 Å². The van der Waals surface area contributed by atoms with Crippen LogP contribution in [0.3, 0.4) is 0 Å². The Kier molecular flexibility index (Phi) is 6.13. The van der Waals surface area contributed by atoms with Crippen LogP contribution >= 0.6 is 0 Å². The summed E-state index contributed by atoms with van der Waals surface area (Å²) in [6, 6.07) is 7.29. The van der Waals surface area contributed by atoms with Gasteiger partial charge in [0, 0.05) is 11.6 Å². The number of aromatic nitrogens is 4. The number of rotatable bonds is 8. The molecule has 0 fully saturated rings. The number of aryl methyl sites for hydroxylation is 3. The van der Waals surface area contributed by atoms with Crippen molar-refractivity contribution in [3.63, 3.8) is 0 Å². The molecule has 0 spiro atoms. The molecule has 3 aromatic rings. The highest BCUT2D eigenvalue weighted by molar-refractivity contribution is 5.65. The minimum absolute atomic E-state index is 0.148. The summed E-state index contributed by atoms with van der Waals surface area (Å²) in [4.78, 5) is 3.76. The molecule has 28 heavy (non-hydrogen) atoms. The summed E-state index contributed by atoms with van der Waals surface area (Å²) in [6.45, 7) is 4.20. The van der Waals surface area contributed by atoms with Gasteiger partial charge in [0.25, 0.3) is 5.89 Å². The maximum Gasteiger partial charge on any atom is 0.315 e. The third kappa shape index (κ3) is 4.59. The van der Waals surface area contributed by atoms with E-state index in [0.717, 1.165) is 29.7 Å². The molecule has 0 aliphatic carbocycles.